The van der Waals surface area contributed by atoms with Crippen molar-refractivity contribution >= 4 is 5.91 Å². The molecule has 0 fully saturated rings. The smallest absolute Gasteiger partial charge is 0.222 e. The third-order valence-electron chi connectivity index (χ3n) is 2.14. The lowest BCUT2D eigenvalue weighted by atomic mass is 10.0. The predicted octanol–water partition coefficient (Wildman–Crippen LogP) is 0.514. The molecule has 4 nitrogen and oxygen atoms in total. The van der Waals surface area contributed by atoms with Crippen molar-refractivity contribution in [1.82, 2.24) is 5.32 Å². The first-order chi connectivity index (χ1) is 6.72. The molecule has 0 aromatic rings. The van der Waals surface area contributed by atoms with Crippen molar-refractivity contribution in [3.63, 3.8) is 0 Å². The van der Waals surface area contributed by atoms with E-state index in [0.29, 0.717) is 19.7 Å². The molecule has 0 unspecified atom stereocenters. The second kappa shape index (κ2) is 8.97. The lowest BCUT2D eigenvalue weighted by Gasteiger charge is -2.11. The van der Waals surface area contributed by atoms with Gasteiger partial charge in [0.15, 0.2) is 0 Å². The van der Waals surface area contributed by atoms with E-state index in [-0.39, 0.29) is 11.8 Å². The molecule has 0 aliphatic heterocycles. The Bertz CT molecular complexity index is 151. The van der Waals surface area contributed by atoms with Gasteiger partial charge in [0, 0.05) is 19.6 Å². The van der Waals surface area contributed by atoms with Crippen molar-refractivity contribution in [2.45, 2.75) is 26.2 Å². The van der Waals surface area contributed by atoms with Crippen molar-refractivity contribution in [1.29, 1.82) is 0 Å². The quantitative estimate of drug-likeness (QED) is 0.564. The maximum absolute atomic E-state index is 11.4. The first-order valence-corrected chi connectivity index (χ1v) is 5.19. The van der Waals surface area contributed by atoms with Crippen LogP contribution in [0.3, 0.4) is 0 Å². The zero-order valence-corrected chi connectivity index (χ0v) is 9.21. The fourth-order valence-corrected chi connectivity index (χ4v) is 1.18. The summed E-state index contributed by atoms with van der Waals surface area (Å²) in [4.78, 5) is 11.4. The summed E-state index contributed by atoms with van der Waals surface area (Å²) in [5, 5.41) is 2.82. The molecular formula is C10H22N2O2. The molecule has 0 aromatic carbocycles. The van der Waals surface area contributed by atoms with Crippen molar-refractivity contribution in [3.05, 3.63) is 0 Å². The number of hydrogen-bond acceptors (Lipinski definition) is 3. The van der Waals surface area contributed by atoms with Gasteiger partial charge in [-0.25, -0.2) is 0 Å². The summed E-state index contributed by atoms with van der Waals surface area (Å²) in [5.41, 5.74) is 5.37. The van der Waals surface area contributed by atoms with Crippen LogP contribution in [-0.2, 0) is 9.53 Å². The average molecular weight is 202 g/mol. The molecule has 0 aliphatic carbocycles. The molecule has 0 saturated heterocycles. The summed E-state index contributed by atoms with van der Waals surface area (Å²) in [7, 11) is 1.62. The Morgan fingerprint density at radius 1 is 1.50 bits per heavy atom. The van der Waals surface area contributed by atoms with E-state index in [9.17, 15) is 4.79 Å². The minimum Gasteiger partial charge on any atom is -0.383 e. The van der Waals surface area contributed by atoms with Crippen LogP contribution in [0.2, 0.25) is 0 Å². The molecule has 3 N–H and O–H groups in total. The van der Waals surface area contributed by atoms with E-state index in [1.807, 2.05) is 6.92 Å². The van der Waals surface area contributed by atoms with E-state index >= 15 is 0 Å². The van der Waals surface area contributed by atoms with Gasteiger partial charge in [0.25, 0.3) is 0 Å². The molecule has 84 valence electrons. The number of methoxy groups -OCH3 is 1. The molecule has 0 spiro atoms. The molecule has 0 aromatic heterocycles. The Labute approximate surface area is 86.2 Å². The second-order valence-electron chi connectivity index (χ2n) is 3.47. The van der Waals surface area contributed by atoms with Gasteiger partial charge < -0.3 is 15.8 Å². The number of hydrogen-bond donors (Lipinski definition) is 2. The van der Waals surface area contributed by atoms with Gasteiger partial charge in [-0.1, -0.05) is 13.3 Å². The van der Waals surface area contributed by atoms with Crippen LogP contribution in [0, 0.1) is 5.92 Å². The Hall–Kier alpha value is -0.610. The van der Waals surface area contributed by atoms with Crippen LogP contribution in [0.4, 0.5) is 0 Å². The van der Waals surface area contributed by atoms with Gasteiger partial charge in [0.2, 0.25) is 5.91 Å². The number of unbranched alkanes of at least 4 members (excludes halogenated alkanes) is 1. The van der Waals surface area contributed by atoms with Crippen LogP contribution in [0.15, 0.2) is 0 Å². The Kier molecular flexibility index (Phi) is 8.57. The van der Waals surface area contributed by atoms with E-state index in [4.69, 9.17) is 10.5 Å². The van der Waals surface area contributed by atoms with Crippen LogP contribution < -0.4 is 11.1 Å². The number of ether oxygens (including phenoxy) is 1. The molecular weight excluding hydrogens is 180 g/mol. The summed E-state index contributed by atoms with van der Waals surface area (Å²) in [6.07, 6.45) is 2.93. The van der Waals surface area contributed by atoms with Gasteiger partial charge in [-0.3, -0.25) is 4.79 Å². The van der Waals surface area contributed by atoms with Gasteiger partial charge in [-0.05, 0) is 19.4 Å². The first-order valence-electron chi connectivity index (χ1n) is 5.19. The van der Waals surface area contributed by atoms with E-state index in [1.165, 1.54) is 0 Å². The molecule has 0 radical (unpaired) electrons. The van der Waals surface area contributed by atoms with Crippen molar-refractivity contribution in [2.75, 3.05) is 26.8 Å². The Morgan fingerprint density at radius 3 is 2.79 bits per heavy atom. The highest BCUT2D eigenvalue weighted by atomic mass is 16.5. The summed E-state index contributed by atoms with van der Waals surface area (Å²) in [6, 6.07) is 0. The molecule has 14 heavy (non-hydrogen) atoms. The van der Waals surface area contributed by atoms with Gasteiger partial charge in [-0.15, -0.1) is 0 Å². The van der Waals surface area contributed by atoms with Crippen molar-refractivity contribution < 1.29 is 9.53 Å². The van der Waals surface area contributed by atoms with Crippen molar-refractivity contribution in [2.24, 2.45) is 11.7 Å². The first kappa shape index (κ1) is 13.4. The number of carbonyl (C=O) groups excluding carboxylic acids is 1. The zero-order valence-electron chi connectivity index (χ0n) is 9.21. The molecule has 1 amide bonds. The SMILES string of the molecule is COCCNC(=O)[C@@H](C)CCCCN. The number of nitrogens with two attached hydrogens (primary N) is 1. The van der Waals surface area contributed by atoms with Crippen LogP contribution in [0.1, 0.15) is 26.2 Å². The van der Waals surface area contributed by atoms with Crippen LogP contribution in [0.5, 0.6) is 0 Å². The number of nitrogens with one attached hydrogen (secondary N) is 1. The van der Waals surface area contributed by atoms with Crippen LogP contribution in [0.25, 0.3) is 0 Å². The number of carbonyl (C=O) groups is 1. The monoisotopic (exact) mass is 202 g/mol. The standard InChI is InChI=1S/C10H22N2O2/c1-9(5-3-4-6-11)10(13)12-7-8-14-2/h9H,3-8,11H2,1-2H3,(H,12,13)/t9-/m0/s1. The molecule has 4 heteroatoms. The molecule has 0 rings (SSSR count). The Morgan fingerprint density at radius 2 is 2.21 bits per heavy atom. The molecule has 0 heterocycles. The highest BCUT2D eigenvalue weighted by Crippen LogP contribution is 2.06. The largest absolute Gasteiger partial charge is 0.383 e. The lowest BCUT2D eigenvalue weighted by Crippen LogP contribution is -2.31. The predicted molar refractivity (Wildman–Crippen MR) is 57.0 cm³/mol. The maximum Gasteiger partial charge on any atom is 0.222 e. The third-order valence-corrected chi connectivity index (χ3v) is 2.14. The third kappa shape index (κ3) is 6.86. The summed E-state index contributed by atoms with van der Waals surface area (Å²) in [6.45, 7) is 3.81. The van der Waals surface area contributed by atoms with E-state index in [0.717, 1.165) is 19.3 Å². The van der Waals surface area contributed by atoms with Gasteiger partial charge in [0.1, 0.15) is 0 Å². The van der Waals surface area contributed by atoms with Gasteiger partial charge in [-0.2, -0.15) is 0 Å². The van der Waals surface area contributed by atoms with Crippen molar-refractivity contribution in [3.8, 4) is 0 Å². The van der Waals surface area contributed by atoms with E-state index < -0.39 is 0 Å². The fourth-order valence-electron chi connectivity index (χ4n) is 1.18. The lowest BCUT2D eigenvalue weighted by molar-refractivity contribution is -0.124. The number of amides is 1. The molecule has 0 saturated carbocycles. The summed E-state index contributed by atoms with van der Waals surface area (Å²) < 4.78 is 4.84. The topological polar surface area (TPSA) is 64.3 Å². The molecule has 0 aliphatic rings. The van der Waals surface area contributed by atoms with Gasteiger partial charge in [0.05, 0.1) is 6.61 Å². The number of rotatable bonds is 8. The van der Waals surface area contributed by atoms with E-state index in [2.05, 4.69) is 5.32 Å². The zero-order chi connectivity index (χ0) is 10.8. The maximum atomic E-state index is 11.4. The highest BCUT2D eigenvalue weighted by molar-refractivity contribution is 5.78. The van der Waals surface area contributed by atoms with Gasteiger partial charge >= 0.3 is 0 Å². The highest BCUT2D eigenvalue weighted by Gasteiger charge is 2.10. The minimum absolute atomic E-state index is 0.0819. The summed E-state index contributed by atoms with van der Waals surface area (Å²) in [5.74, 6) is 0.192. The van der Waals surface area contributed by atoms with Crippen LogP contribution in [-0.4, -0.2) is 32.7 Å². The normalized spacial score (nSPS) is 12.5. The molecule has 0 bridgehead atoms. The van der Waals surface area contributed by atoms with E-state index in [1.54, 1.807) is 7.11 Å². The average Bonchev–Trinajstić information content (AvgIpc) is 2.18. The Balaban J connectivity index is 3.44. The fraction of sp³-hybridized carbons (Fsp3) is 0.900. The summed E-state index contributed by atoms with van der Waals surface area (Å²) >= 11 is 0. The minimum atomic E-state index is 0.0819. The van der Waals surface area contributed by atoms with Crippen LogP contribution >= 0.6 is 0 Å². The molecule has 1 atom stereocenters. The second-order valence-corrected chi connectivity index (χ2v) is 3.47.